The molecule has 0 radical (unpaired) electrons. The molecule has 3 aromatic rings. The molecule has 1 saturated heterocycles. The number of anilines is 1. The van der Waals surface area contributed by atoms with Gasteiger partial charge < -0.3 is 19.7 Å². The van der Waals surface area contributed by atoms with E-state index in [2.05, 4.69) is 5.32 Å². The number of carbonyl (C=O) groups is 3. The summed E-state index contributed by atoms with van der Waals surface area (Å²) >= 11 is 0. The lowest BCUT2D eigenvalue weighted by atomic mass is 9.91. The Morgan fingerprint density at radius 3 is 2.31 bits per heavy atom. The molecular formula is C27H25N3O5. The lowest BCUT2D eigenvalue weighted by Crippen LogP contribution is -2.44. The number of para-hydroxylation sites is 1. The van der Waals surface area contributed by atoms with Crippen LogP contribution < -0.4 is 19.7 Å². The quantitative estimate of drug-likeness (QED) is 0.557. The third-order valence-electron chi connectivity index (χ3n) is 6.24. The van der Waals surface area contributed by atoms with Gasteiger partial charge in [0.2, 0.25) is 5.91 Å². The minimum atomic E-state index is -1.33. The van der Waals surface area contributed by atoms with Crippen LogP contribution in [0.3, 0.4) is 0 Å². The Labute approximate surface area is 203 Å². The summed E-state index contributed by atoms with van der Waals surface area (Å²) in [4.78, 5) is 42.3. The SMILES string of the molecule is CC1(c2ccc3c(c2)OCCO3)NC(=O)N(CC(=O)N(Cc2ccccc2)c2ccccc2)C1=O. The second kappa shape index (κ2) is 9.13. The van der Waals surface area contributed by atoms with Crippen molar-refractivity contribution in [3.05, 3.63) is 90.0 Å². The summed E-state index contributed by atoms with van der Waals surface area (Å²) in [6.07, 6.45) is 0. The molecule has 0 spiro atoms. The van der Waals surface area contributed by atoms with Crippen molar-refractivity contribution >= 4 is 23.5 Å². The Morgan fingerprint density at radius 2 is 1.60 bits per heavy atom. The van der Waals surface area contributed by atoms with Gasteiger partial charge in [-0.05, 0) is 42.3 Å². The molecular weight excluding hydrogens is 446 g/mol. The zero-order chi connectivity index (χ0) is 24.4. The summed E-state index contributed by atoms with van der Waals surface area (Å²) in [5.74, 6) is 0.242. The third-order valence-corrected chi connectivity index (χ3v) is 6.24. The van der Waals surface area contributed by atoms with E-state index in [1.165, 1.54) is 0 Å². The number of fused-ring (bicyclic) bond motifs is 1. The monoisotopic (exact) mass is 471 g/mol. The molecule has 8 nitrogen and oxygen atoms in total. The summed E-state index contributed by atoms with van der Waals surface area (Å²) in [7, 11) is 0. The average molecular weight is 472 g/mol. The molecule has 0 aromatic heterocycles. The molecule has 3 aromatic carbocycles. The van der Waals surface area contributed by atoms with Crippen molar-refractivity contribution in [3.63, 3.8) is 0 Å². The number of ether oxygens (including phenoxy) is 2. The fraction of sp³-hybridized carbons (Fsp3) is 0.222. The standard InChI is InChI=1S/C27H25N3O5/c1-27(20-12-13-22-23(16-20)35-15-14-34-22)25(32)30(26(33)28-27)18-24(31)29(21-10-6-3-7-11-21)17-19-8-4-2-5-9-19/h2-13,16H,14-15,17-18H2,1H3,(H,28,33). The molecule has 0 aliphatic carbocycles. The molecule has 1 fully saturated rings. The van der Waals surface area contributed by atoms with Gasteiger partial charge in [0, 0.05) is 5.69 Å². The van der Waals surface area contributed by atoms with Gasteiger partial charge >= 0.3 is 6.03 Å². The maximum Gasteiger partial charge on any atom is 0.325 e. The highest BCUT2D eigenvalue weighted by Gasteiger charge is 2.50. The van der Waals surface area contributed by atoms with E-state index in [1.807, 2.05) is 60.7 Å². The zero-order valence-electron chi connectivity index (χ0n) is 19.3. The minimum absolute atomic E-state index is 0.312. The summed E-state index contributed by atoms with van der Waals surface area (Å²) < 4.78 is 11.2. The van der Waals surface area contributed by atoms with Crippen LogP contribution in [0.5, 0.6) is 11.5 Å². The van der Waals surface area contributed by atoms with Gasteiger partial charge in [0.1, 0.15) is 25.3 Å². The maximum absolute atomic E-state index is 13.5. The lowest BCUT2D eigenvalue weighted by molar-refractivity contribution is -0.134. The van der Waals surface area contributed by atoms with Gasteiger partial charge in [0.05, 0.1) is 6.54 Å². The van der Waals surface area contributed by atoms with Crippen molar-refractivity contribution < 1.29 is 23.9 Å². The summed E-state index contributed by atoms with van der Waals surface area (Å²) in [6.45, 7) is 2.42. The molecule has 1 unspecified atom stereocenters. The van der Waals surface area contributed by atoms with Gasteiger partial charge in [-0.15, -0.1) is 0 Å². The van der Waals surface area contributed by atoms with E-state index in [0.29, 0.717) is 42.5 Å². The normalized spacial score (nSPS) is 18.8. The highest BCUT2D eigenvalue weighted by molar-refractivity contribution is 6.10. The van der Waals surface area contributed by atoms with Gasteiger partial charge in [-0.1, -0.05) is 54.6 Å². The number of imide groups is 1. The Hall–Kier alpha value is -4.33. The van der Waals surface area contributed by atoms with Crippen LogP contribution in [0.1, 0.15) is 18.1 Å². The number of hydrogen-bond acceptors (Lipinski definition) is 5. The predicted molar refractivity (Wildman–Crippen MR) is 129 cm³/mol. The molecule has 2 aliphatic heterocycles. The summed E-state index contributed by atoms with van der Waals surface area (Å²) in [6, 6.07) is 23.3. The molecule has 178 valence electrons. The lowest BCUT2D eigenvalue weighted by Gasteiger charge is -2.26. The van der Waals surface area contributed by atoms with Crippen LogP contribution in [0.15, 0.2) is 78.9 Å². The van der Waals surface area contributed by atoms with Gasteiger partial charge in [-0.25, -0.2) is 4.79 Å². The van der Waals surface area contributed by atoms with Gasteiger partial charge in [-0.3, -0.25) is 14.5 Å². The average Bonchev–Trinajstić information content (AvgIpc) is 3.11. The fourth-order valence-corrected chi connectivity index (χ4v) is 4.31. The van der Waals surface area contributed by atoms with E-state index in [0.717, 1.165) is 10.5 Å². The van der Waals surface area contributed by atoms with Crippen molar-refractivity contribution in [3.8, 4) is 11.5 Å². The van der Waals surface area contributed by atoms with E-state index in [9.17, 15) is 14.4 Å². The smallest absolute Gasteiger partial charge is 0.325 e. The van der Waals surface area contributed by atoms with Crippen LogP contribution in [-0.2, 0) is 21.7 Å². The predicted octanol–water partition coefficient (Wildman–Crippen LogP) is 3.46. The number of urea groups is 1. The molecule has 0 bridgehead atoms. The minimum Gasteiger partial charge on any atom is -0.486 e. The molecule has 5 rings (SSSR count). The topological polar surface area (TPSA) is 88.2 Å². The van der Waals surface area contributed by atoms with E-state index >= 15 is 0 Å². The first-order chi connectivity index (χ1) is 17.0. The fourth-order valence-electron chi connectivity index (χ4n) is 4.31. The Balaban J connectivity index is 1.39. The van der Waals surface area contributed by atoms with Crippen LogP contribution in [0.25, 0.3) is 0 Å². The zero-order valence-corrected chi connectivity index (χ0v) is 19.3. The van der Waals surface area contributed by atoms with Crippen LogP contribution in [0, 0.1) is 0 Å². The Bertz CT molecular complexity index is 1260. The number of amides is 4. The first-order valence-corrected chi connectivity index (χ1v) is 11.4. The molecule has 1 atom stereocenters. The van der Waals surface area contributed by atoms with E-state index in [1.54, 1.807) is 30.0 Å². The largest absolute Gasteiger partial charge is 0.486 e. The second-order valence-corrected chi connectivity index (χ2v) is 8.61. The van der Waals surface area contributed by atoms with Crippen LogP contribution in [-0.4, -0.2) is 42.5 Å². The molecule has 4 amide bonds. The summed E-state index contributed by atoms with van der Waals surface area (Å²) in [5.41, 5.74) is 0.842. The Kier molecular flexibility index (Phi) is 5.86. The number of nitrogens with one attached hydrogen (secondary N) is 1. The van der Waals surface area contributed by atoms with Crippen LogP contribution in [0.4, 0.5) is 10.5 Å². The third kappa shape index (κ3) is 4.30. The Morgan fingerprint density at radius 1 is 0.943 bits per heavy atom. The number of carbonyl (C=O) groups excluding carboxylic acids is 3. The van der Waals surface area contributed by atoms with Crippen molar-refractivity contribution in [1.29, 1.82) is 0 Å². The van der Waals surface area contributed by atoms with Crippen molar-refractivity contribution in [1.82, 2.24) is 10.2 Å². The molecule has 2 heterocycles. The van der Waals surface area contributed by atoms with E-state index in [-0.39, 0.29) is 12.5 Å². The molecule has 8 heteroatoms. The number of nitrogens with zero attached hydrogens (tertiary/aromatic N) is 2. The number of benzene rings is 3. The maximum atomic E-state index is 13.5. The summed E-state index contributed by atoms with van der Waals surface area (Å²) in [5, 5.41) is 2.76. The molecule has 2 aliphatic rings. The first-order valence-electron chi connectivity index (χ1n) is 11.4. The molecule has 35 heavy (non-hydrogen) atoms. The van der Waals surface area contributed by atoms with E-state index in [4.69, 9.17) is 9.47 Å². The van der Waals surface area contributed by atoms with Gasteiger partial charge in [0.25, 0.3) is 5.91 Å². The van der Waals surface area contributed by atoms with Crippen molar-refractivity contribution in [2.75, 3.05) is 24.7 Å². The van der Waals surface area contributed by atoms with Crippen molar-refractivity contribution in [2.24, 2.45) is 0 Å². The highest BCUT2D eigenvalue weighted by atomic mass is 16.6. The van der Waals surface area contributed by atoms with Crippen LogP contribution in [0.2, 0.25) is 0 Å². The van der Waals surface area contributed by atoms with Gasteiger partial charge in [0.15, 0.2) is 11.5 Å². The second-order valence-electron chi connectivity index (χ2n) is 8.61. The molecule has 1 N–H and O–H groups in total. The van der Waals surface area contributed by atoms with E-state index < -0.39 is 17.5 Å². The van der Waals surface area contributed by atoms with Gasteiger partial charge in [-0.2, -0.15) is 0 Å². The first kappa shape index (κ1) is 22.5. The molecule has 0 saturated carbocycles. The number of hydrogen-bond donors (Lipinski definition) is 1. The van der Waals surface area contributed by atoms with Crippen molar-refractivity contribution in [2.45, 2.75) is 19.0 Å². The highest BCUT2D eigenvalue weighted by Crippen LogP contribution is 2.37. The van der Waals surface area contributed by atoms with Crippen LogP contribution >= 0.6 is 0 Å². The number of rotatable bonds is 6.